The minimum Gasteiger partial charge on any atom is -0.480 e. The zero-order valence-corrected chi connectivity index (χ0v) is 35.0. The maximum Gasteiger partial charge on any atom is 0.301 e. The molecular weight excluding hydrogens is 808 g/mol. The SMILES string of the molecule is C[C@@H]1CN(c2ncc(Cl)c(Nc3ccc4c(c3)c3c(c(=O)n4C)OCC(F)(F)[C@H](C4CC4)N3)n2)CCN1C[C@H]1CCN(c2ccc3c(C4CCC(=O)NC4=O)nn(C)c3c2)C1. The van der Waals surface area contributed by atoms with Crippen molar-refractivity contribution in [2.24, 2.45) is 25.9 Å². The summed E-state index contributed by atoms with van der Waals surface area (Å²) in [6.45, 7) is 6.57. The maximum atomic E-state index is 15.2. The smallest absolute Gasteiger partial charge is 0.301 e. The van der Waals surface area contributed by atoms with E-state index in [-0.39, 0.29) is 35.2 Å². The molecule has 4 aliphatic heterocycles. The fourth-order valence-electron chi connectivity index (χ4n) is 9.70. The molecule has 1 saturated carbocycles. The maximum absolute atomic E-state index is 15.2. The van der Waals surface area contributed by atoms with Crippen molar-refractivity contribution in [3.8, 4) is 5.75 Å². The number of piperazine rings is 1. The number of benzene rings is 2. The second kappa shape index (κ2) is 15.1. The van der Waals surface area contributed by atoms with E-state index in [1.807, 2.05) is 11.7 Å². The van der Waals surface area contributed by atoms with Crippen LogP contribution in [0.1, 0.15) is 50.6 Å². The third-order valence-corrected chi connectivity index (χ3v) is 13.5. The van der Waals surface area contributed by atoms with Gasteiger partial charge in [0, 0.05) is 88.0 Å². The van der Waals surface area contributed by atoms with Crippen LogP contribution in [0.5, 0.6) is 5.75 Å². The Labute approximate surface area is 355 Å². The van der Waals surface area contributed by atoms with Crippen molar-refractivity contribution in [2.45, 2.75) is 63.0 Å². The van der Waals surface area contributed by atoms with Gasteiger partial charge in [0.25, 0.3) is 5.56 Å². The number of hydrogen-bond acceptors (Lipinski definition) is 12. The number of carbonyl (C=O) groups excluding carboxylic acids is 2. The largest absolute Gasteiger partial charge is 0.480 e. The first kappa shape index (κ1) is 39.6. The third-order valence-electron chi connectivity index (χ3n) is 13.2. The van der Waals surface area contributed by atoms with E-state index in [9.17, 15) is 14.4 Å². The summed E-state index contributed by atoms with van der Waals surface area (Å²) in [5, 5.41) is 15.4. The highest BCUT2D eigenvalue weighted by molar-refractivity contribution is 6.33. The molecular formula is C43H48ClF2N11O4. The summed E-state index contributed by atoms with van der Waals surface area (Å²) in [6.07, 6.45) is 4.85. The van der Waals surface area contributed by atoms with Crippen LogP contribution in [0.25, 0.3) is 21.8 Å². The number of halogens is 3. The molecule has 5 aliphatic rings. The number of fused-ring (bicyclic) bond motifs is 4. The number of nitrogens with one attached hydrogen (secondary N) is 3. The van der Waals surface area contributed by atoms with Crippen LogP contribution in [0, 0.1) is 11.8 Å². The molecule has 61 heavy (non-hydrogen) atoms. The van der Waals surface area contributed by atoms with Crippen LogP contribution in [-0.4, -0.2) is 105 Å². The number of alkyl halides is 2. The summed E-state index contributed by atoms with van der Waals surface area (Å²) in [5.41, 5.74) is 3.81. The van der Waals surface area contributed by atoms with E-state index >= 15 is 8.78 Å². The number of pyridine rings is 1. The van der Waals surface area contributed by atoms with E-state index in [1.165, 1.54) is 4.57 Å². The zero-order valence-electron chi connectivity index (χ0n) is 34.3. The van der Waals surface area contributed by atoms with Crippen LogP contribution in [-0.2, 0) is 23.7 Å². The lowest BCUT2D eigenvalue weighted by molar-refractivity contribution is -0.134. The third kappa shape index (κ3) is 7.28. The van der Waals surface area contributed by atoms with E-state index in [1.54, 1.807) is 31.4 Å². The van der Waals surface area contributed by atoms with Crippen LogP contribution < -0.4 is 36.0 Å². The second-order valence-electron chi connectivity index (χ2n) is 17.4. The molecule has 3 aromatic heterocycles. The van der Waals surface area contributed by atoms with Crippen molar-refractivity contribution in [3.63, 3.8) is 0 Å². The molecule has 4 atom stereocenters. The number of aryl methyl sites for hydroxylation is 2. The van der Waals surface area contributed by atoms with Crippen molar-refractivity contribution < 1.29 is 23.1 Å². The van der Waals surface area contributed by atoms with Gasteiger partial charge in [0.05, 0.1) is 40.6 Å². The summed E-state index contributed by atoms with van der Waals surface area (Å²) in [7, 11) is 3.50. The molecule has 4 fully saturated rings. The molecule has 3 saturated heterocycles. The molecule has 10 rings (SSSR count). The summed E-state index contributed by atoms with van der Waals surface area (Å²) < 4.78 is 39.1. The molecule has 320 valence electrons. The normalized spacial score (nSPS) is 24.4. The Bertz CT molecular complexity index is 2650. The van der Waals surface area contributed by atoms with Gasteiger partial charge in [0.1, 0.15) is 5.02 Å². The molecule has 0 radical (unpaired) electrons. The average molecular weight is 856 g/mol. The number of piperidine rings is 1. The van der Waals surface area contributed by atoms with E-state index < -0.39 is 30.0 Å². The van der Waals surface area contributed by atoms with Crippen molar-refractivity contribution in [2.75, 3.05) is 66.3 Å². The lowest BCUT2D eigenvalue weighted by Gasteiger charge is -2.41. The van der Waals surface area contributed by atoms with Gasteiger partial charge in [-0.3, -0.25) is 29.3 Å². The second-order valence-corrected chi connectivity index (χ2v) is 17.8. The molecule has 15 nitrogen and oxygen atoms in total. The molecule has 0 bridgehead atoms. The van der Waals surface area contributed by atoms with Gasteiger partial charge < -0.3 is 29.7 Å². The van der Waals surface area contributed by atoms with Gasteiger partial charge in [-0.1, -0.05) is 11.6 Å². The van der Waals surface area contributed by atoms with E-state index in [4.69, 9.17) is 26.4 Å². The van der Waals surface area contributed by atoms with Gasteiger partial charge >= 0.3 is 5.92 Å². The number of rotatable bonds is 8. The topological polar surface area (TPSA) is 155 Å². The van der Waals surface area contributed by atoms with Gasteiger partial charge in [-0.25, -0.2) is 13.8 Å². The van der Waals surface area contributed by atoms with Gasteiger partial charge in [-0.2, -0.15) is 10.1 Å². The van der Waals surface area contributed by atoms with Crippen LogP contribution in [0.2, 0.25) is 5.02 Å². The molecule has 1 aliphatic carbocycles. The molecule has 1 unspecified atom stereocenters. The number of anilines is 5. The first-order chi connectivity index (χ1) is 29.3. The van der Waals surface area contributed by atoms with Crippen molar-refractivity contribution in [1.82, 2.24) is 34.5 Å². The molecule has 3 N–H and O–H groups in total. The Morgan fingerprint density at radius 2 is 1.80 bits per heavy atom. The highest BCUT2D eigenvalue weighted by atomic mass is 35.5. The van der Waals surface area contributed by atoms with Gasteiger partial charge in [0.15, 0.2) is 12.4 Å². The predicted octanol–water partition coefficient (Wildman–Crippen LogP) is 5.39. The number of nitrogens with zero attached hydrogens (tertiary/aromatic N) is 8. The first-order valence-corrected chi connectivity index (χ1v) is 21.5. The number of carbonyl (C=O) groups is 2. The summed E-state index contributed by atoms with van der Waals surface area (Å²) in [5.74, 6) is -2.92. The summed E-state index contributed by atoms with van der Waals surface area (Å²) in [4.78, 5) is 54.2. The van der Waals surface area contributed by atoms with Gasteiger partial charge in [-0.15, -0.1) is 0 Å². The van der Waals surface area contributed by atoms with Crippen molar-refractivity contribution in [3.05, 3.63) is 63.7 Å². The molecule has 5 aromatic rings. The Balaban J connectivity index is 0.798. The van der Waals surface area contributed by atoms with Crippen LogP contribution in [0.3, 0.4) is 0 Å². The van der Waals surface area contributed by atoms with Crippen LogP contribution in [0.4, 0.5) is 37.6 Å². The number of ether oxygens (including phenoxy) is 1. The number of aromatic nitrogens is 5. The zero-order chi connectivity index (χ0) is 42.3. The van der Waals surface area contributed by atoms with Crippen molar-refractivity contribution in [1.29, 1.82) is 0 Å². The van der Waals surface area contributed by atoms with E-state index in [2.05, 4.69) is 60.8 Å². The van der Waals surface area contributed by atoms with Crippen molar-refractivity contribution >= 4 is 74.0 Å². The quantitative estimate of drug-likeness (QED) is 0.172. The average Bonchev–Trinajstić information content (AvgIpc) is 3.91. The fourth-order valence-corrected chi connectivity index (χ4v) is 9.84. The number of imide groups is 1. The Kier molecular flexibility index (Phi) is 9.81. The Hall–Kier alpha value is -5.55. The number of amides is 2. The fraction of sp³-hybridized carbons (Fsp3) is 0.488. The monoisotopic (exact) mass is 855 g/mol. The minimum atomic E-state index is -3.13. The van der Waals surface area contributed by atoms with Gasteiger partial charge in [0.2, 0.25) is 23.5 Å². The molecule has 7 heterocycles. The van der Waals surface area contributed by atoms with Crippen LogP contribution in [0.15, 0.2) is 47.4 Å². The molecule has 0 spiro atoms. The summed E-state index contributed by atoms with van der Waals surface area (Å²) >= 11 is 6.65. The first-order valence-electron chi connectivity index (χ1n) is 21.1. The van der Waals surface area contributed by atoms with Crippen LogP contribution >= 0.6 is 11.6 Å². The number of hydrogen-bond donors (Lipinski definition) is 3. The lowest BCUT2D eigenvalue weighted by atomic mass is 9.93. The molecule has 2 aromatic carbocycles. The Morgan fingerprint density at radius 1 is 0.967 bits per heavy atom. The lowest BCUT2D eigenvalue weighted by Crippen LogP contribution is -2.53. The summed E-state index contributed by atoms with van der Waals surface area (Å²) in [6, 6.07) is 10.8. The molecule has 18 heteroatoms. The van der Waals surface area contributed by atoms with E-state index in [0.29, 0.717) is 65.0 Å². The van der Waals surface area contributed by atoms with E-state index in [0.717, 1.165) is 68.0 Å². The highest BCUT2D eigenvalue weighted by Crippen LogP contribution is 2.46. The highest BCUT2D eigenvalue weighted by Gasteiger charge is 2.51. The molecule has 2 amide bonds. The van der Waals surface area contributed by atoms with Gasteiger partial charge in [-0.05, 0) is 80.8 Å². The Morgan fingerprint density at radius 3 is 2.59 bits per heavy atom. The standard InChI is InChI=1S/C43H48ClF2N11O4/c1-23-19-57(15-14-55(23)20-24-12-13-56(21-24)27-7-8-28-33(17-27)54(3)52-35(28)29-9-11-34(58)49-40(29)59)42-47-18-31(44)39(51-42)48-26-6-10-32-30(16-26)36-37(41(60)53(32)2)61-22-43(45,46)38(50-36)25-4-5-25/h6-8,10,16-18,23-25,29,38,50H,4-5,9,11-15,19-22H2,1-3H3,(H,47,48,51)(H,49,58,59)/t23-,24-,29?,38+/m1/s1. The minimum absolute atomic E-state index is 0.109. The predicted molar refractivity (Wildman–Crippen MR) is 229 cm³/mol.